The smallest absolute Gasteiger partial charge is 0.302 e. The Balaban J connectivity index is 2.73. The van der Waals surface area contributed by atoms with E-state index >= 15 is 0 Å². The number of aromatic nitrogens is 2. The van der Waals surface area contributed by atoms with Crippen LogP contribution in [-0.2, 0) is 6.42 Å². The number of rotatable bonds is 4. The summed E-state index contributed by atoms with van der Waals surface area (Å²) < 4.78 is 11.4. The number of benzene rings is 1. The Kier molecular flexibility index (Phi) is 3.74. The number of hydrogen-bond acceptors (Lipinski definition) is 4. The van der Waals surface area contributed by atoms with E-state index in [1.54, 1.807) is 33.3 Å². The third kappa shape index (κ3) is 2.28. The molecule has 0 saturated carbocycles. The van der Waals surface area contributed by atoms with Crippen LogP contribution in [0.3, 0.4) is 0 Å². The van der Waals surface area contributed by atoms with Gasteiger partial charge < -0.3 is 14.7 Å². The summed E-state index contributed by atoms with van der Waals surface area (Å²) in [5.74, 6) is 1.76. The number of ether oxygens (including phenoxy) is 2. The van der Waals surface area contributed by atoms with Gasteiger partial charge in [0.1, 0.15) is 5.69 Å². The van der Waals surface area contributed by atoms with Gasteiger partial charge in [0.2, 0.25) is 0 Å². The van der Waals surface area contributed by atoms with Gasteiger partial charge in [-0.25, -0.2) is 4.73 Å². The SMILES string of the molecule is CCCc1nc2cc(OC)c(OC)cc2c(C)[n+]1[O-]. The van der Waals surface area contributed by atoms with Crippen molar-refractivity contribution in [3.05, 3.63) is 28.9 Å². The molecule has 0 radical (unpaired) electrons. The van der Waals surface area contributed by atoms with Gasteiger partial charge >= 0.3 is 5.82 Å². The molecule has 0 fully saturated rings. The molecule has 0 spiro atoms. The summed E-state index contributed by atoms with van der Waals surface area (Å²) in [6.07, 6.45) is 1.54. The van der Waals surface area contributed by atoms with Crippen molar-refractivity contribution in [1.29, 1.82) is 0 Å². The minimum Gasteiger partial charge on any atom is -0.711 e. The normalized spacial score (nSPS) is 10.7. The largest absolute Gasteiger partial charge is 0.711 e. The maximum absolute atomic E-state index is 12.1. The van der Waals surface area contributed by atoms with Crippen molar-refractivity contribution in [3.63, 3.8) is 0 Å². The van der Waals surface area contributed by atoms with Crippen LogP contribution in [0.1, 0.15) is 24.9 Å². The molecule has 1 aromatic carbocycles. The highest BCUT2D eigenvalue weighted by atomic mass is 16.5. The van der Waals surface area contributed by atoms with Gasteiger partial charge in [0.15, 0.2) is 17.0 Å². The zero-order valence-electron chi connectivity index (χ0n) is 11.7. The summed E-state index contributed by atoms with van der Waals surface area (Å²) in [6, 6.07) is 3.60. The summed E-state index contributed by atoms with van der Waals surface area (Å²) in [5.41, 5.74) is 1.39. The molecule has 2 aromatic rings. The molecule has 2 rings (SSSR count). The fourth-order valence-corrected chi connectivity index (χ4v) is 2.12. The number of fused-ring (bicyclic) bond motifs is 1. The monoisotopic (exact) mass is 262 g/mol. The van der Waals surface area contributed by atoms with Crippen LogP contribution in [0.4, 0.5) is 0 Å². The highest BCUT2D eigenvalue weighted by molar-refractivity contribution is 5.83. The van der Waals surface area contributed by atoms with Crippen LogP contribution in [0.2, 0.25) is 0 Å². The molecule has 102 valence electrons. The molecule has 0 aliphatic carbocycles. The van der Waals surface area contributed by atoms with E-state index in [9.17, 15) is 5.21 Å². The van der Waals surface area contributed by atoms with Gasteiger partial charge in [-0.05, 0) is 24.4 Å². The number of methoxy groups -OCH3 is 2. The second-order valence-corrected chi connectivity index (χ2v) is 4.38. The average Bonchev–Trinajstić information content (AvgIpc) is 2.43. The van der Waals surface area contributed by atoms with Crippen LogP contribution in [0.25, 0.3) is 10.9 Å². The van der Waals surface area contributed by atoms with E-state index < -0.39 is 0 Å². The van der Waals surface area contributed by atoms with Gasteiger partial charge in [0.25, 0.3) is 0 Å². The summed E-state index contributed by atoms with van der Waals surface area (Å²) in [7, 11) is 3.16. The van der Waals surface area contributed by atoms with Gasteiger partial charge in [-0.15, -0.1) is 0 Å². The van der Waals surface area contributed by atoms with Gasteiger partial charge in [0, 0.05) is 6.07 Å². The molecule has 0 saturated heterocycles. The van der Waals surface area contributed by atoms with Crippen LogP contribution in [-0.4, -0.2) is 19.2 Å². The predicted molar refractivity (Wildman–Crippen MR) is 72.5 cm³/mol. The Morgan fingerprint density at radius 3 is 2.42 bits per heavy atom. The van der Waals surface area contributed by atoms with E-state index in [1.807, 2.05) is 6.92 Å². The van der Waals surface area contributed by atoms with Crippen LogP contribution in [0.15, 0.2) is 12.1 Å². The van der Waals surface area contributed by atoms with E-state index in [2.05, 4.69) is 4.98 Å². The molecular formula is C14H18N2O3. The maximum atomic E-state index is 12.1. The van der Waals surface area contributed by atoms with Crippen molar-refractivity contribution >= 4 is 10.9 Å². The molecule has 0 amide bonds. The van der Waals surface area contributed by atoms with Gasteiger partial charge in [-0.3, -0.25) is 0 Å². The van der Waals surface area contributed by atoms with Gasteiger partial charge in [-0.2, -0.15) is 0 Å². The molecule has 0 aliphatic rings. The van der Waals surface area contributed by atoms with Crippen molar-refractivity contribution in [3.8, 4) is 11.5 Å². The molecule has 0 aliphatic heterocycles. The first-order valence-electron chi connectivity index (χ1n) is 6.27. The van der Waals surface area contributed by atoms with E-state index in [0.29, 0.717) is 29.4 Å². The van der Waals surface area contributed by atoms with Crippen molar-refractivity contribution in [2.45, 2.75) is 26.7 Å². The summed E-state index contributed by atoms with van der Waals surface area (Å²) in [4.78, 5) is 4.42. The molecule has 0 atom stereocenters. The minimum absolute atomic E-state index is 0.541. The standard InChI is InChI=1S/C14H18N2O3/c1-5-6-14-15-11-8-13(19-4)12(18-3)7-10(11)9(2)16(14)17/h7-8H,5-6H2,1-4H3. The molecule has 0 N–H and O–H groups in total. The van der Waals surface area contributed by atoms with Gasteiger partial charge in [0.05, 0.1) is 26.0 Å². The quantitative estimate of drug-likeness (QED) is 0.625. The fraction of sp³-hybridized carbons (Fsp3) is 0.429. The molecular weight excluding hydrogens is 244 g/mol. The third-order valence-electron chi connectivity index (χ3n) is 3.15. The van der Waals surface area contributed by atoms with E-state index in [1.165, 1.54) is 0 Å². The van der Waals surface area contributed by atoms with Crippen LogP contribution in [0.5, 0.6) is 11.5 Å². The minimum atomic E-state index is 0.541. The molecule has 5 nitrogen and oxygen atoms in total. The average molecular weight is 262 g/mol. The topological polar surface area (TPSA) is 58.3 Å². The Labute approximate surface area is 112 Å². The second-order valence-electron chi connectivity index (χ2n) is 4.38. The van der Waals surface area contributed by atoms with Gasteiger partial charge in [-0.1, -0.05) is 6.92 Å². The third-order valence-corrected chi connectivity index (χ3v) is 3.15. The summed E-state index contributed by atoms with van der Waals surface area (Å²) in [6.45, 7) is 3.82. The first-order valence-corrected chi connectivity index (χ1v) is 6.27. The van der Waals surface area contributed by atoms with Crippen LogP contribution < -0.4 is 14.2 Å². The Morgan fingerprint density at radius 1 is 1.21 bits per heavy atom. The fourth-order valence-electron chi connectivity index (χ4n) is 2.12. The lowest BCUT2D eigenvalue weighted by Gasteiger charge is -2.13. The summed E-state index contributed by atoms with van der Waals surface area (Å²) >= 11 is 0. The molecule has 1 heterocycles. The van der Waals surface area contributed by atoms with E-state index in [-0.39, 0.29) is 0 Å². The predicted octanol–water partition coefficient (Wildman–Crippen LogP) is 2.15. The number of aryl methyl sites for hydroxylation is 2. The lowest BCUT2D eigenvalue weighted by molar-refractivity contribution is -0.622. The molecule has 1 aromatic heterocycles. The highest BCUT2D eigenvalue weighted by Gasteiger charge is 2.18. The Hall–Kier alpha value is -2.04. The number of nitrogens with zero attached hydrogens (tertiary/aromatic N) is 2. The van der Waals surface area contributed by atoms with Crippen LogP contribution >= 0.6 is 0 Å². The lowest BCUT2D eigenvalue weighted by Crippen LogP contribution is -2.36. The van der Waals surface area contributed by atoms with Crippen molar-refractivity contribution in [1.82, 2.24) is 4.98 Å². The Morgan fingerprint density at radius 2 is 1.84 bits per heavy atom. The zero-order valence-corrected chi connectivity index (χ0v) is 11.7. The molecule has 19 heavy (non-hydrogen) atoms. The molecule has 0 unspecified atom stereocenters. The molecule has 0 bridgehead atoms. The second kappa shape index (κ2) is 5.30. The van der Waals surface area contributed by atoms with E-state index in [0.717, 1.165) is 22.1 Å². The van der Waals surface area contributed by atoms with Crippen LogP contribution in [0, 0.1) is 12.1 Å². The summed E-state index contributed by atoms with van der Waals surface area (Å²) in [5, 5.41) is 12.9. The first-order chi connectivity index (χ1) is 9.12. The zero-order chi connectivity index (χ0) is 14.0. The highest BCUT2D eigenvalue weighted by Crippen LogP contribution is 2.32. The van der Waals surface area contributed by atoms with E-state index in [4.69, 9.17) is 9.47 Å². The number of hydrogen-bond donors (Lipinski definition) is 0. The van der Waals surface area contributed by atoms with Crippen molar-refractivity contribution in [2.75, 3.05) is 14.2 Å². The Bertz CT molecular complexity index is 611. The first kappa shape index (κ1) is 13.4. The molecule has 5 heteroatoms. The van der Waals surface area contributed by atoms with Crippen molar-refractivity contribution < 1.29 is 14.2 Å². The van der Waals surface area contributed by atoms with Crippen molar-refractivity contribution in [2.24, 2.45) is 0 Å². The maximum Gasteiger partial charge on any atom is 0.302 e. The lowest BCUT2D eigenvalue weighted by atomic mass is 10.1.